The molecule has 0 saturated carbocycles. The number of carbonyl (C=O) groups is 1. The quantitative estimate of drug-likeness (QED) is 0.897. The Labute approximate surface area is 125 Å². The lowest BCUT2D eigenvalue weighted by atomic mass is 9.76. The highest BCUT2D eigenvalue weighted by Gasteiger charge is 2.47. The third-order valence-corrected chi connectivity index (χ3v) is 4.11. The zero-order valence-corrected chi connectivity index (χ0v) is 13.0. The number of hydrogen-bond acceptors (Lipinski definition) is 5. The van der Waals surface area contributed by atoms with Gasteiger partial charge in [-0.1, -0.05) is 13.8 Å². The second-order valence-corrected chi connectivity index (χ2v) is 6.17. The highest BCUT2D eigenvalue weighted by molar-refractivity contribution is 5.77. The fourth-order valence-electron chi connectivity index (χ4n) is 2.71. The van der Waals surface area contributed by atoms with E-state index >= 15 is 0 Å². The van der Waals surface area contributed by atoms with Crippen LogP contribution < -0.4 is 9.64 Å². The van der Waals surface area contributed by atoms with Crippen LogP contribution in [0.25, 0.3) is 0 Å². The van der Waals surface area contributed by atoms with Gasteiger partial charge in [0.15, 0.2) is 5.82 Å². The molecule has 0 aromatic carbocycles. The summed E-state index contributed by atoms with van der Waals surface area (Å²) in [7, 11) is 0. The van der Waals surface area contributed by atoms with Crippen molar-refractivity contribution in [1.82, 2.24) is 9.97 Å². The molecular weight excluding hydrogens is 270 g/mol. The Balaban J connectivity index is 2.19. The van der Waals surface area contributed by atoms with Crippen molar-refractivity contribution in [2.45, 2.75) is 40.2 Å². The van der Waals surface area contributed by atoms with Crippen molar-refractivity contribution in [3.63, 3.8) is 0 Å². The molecule has 6 heteroatoms. The Bertz CT molecular complexity index is 519. The van der Waals surface area contributed by atoms with Gasteiger partial charge in [0.1, 0.15) is 0 Å². The number of carboxylic acid groups (broad SMARTS) is 1. The summed E-state index contributed by atoms with van der Waals surface area (Å²) < 4.78 is 5.54. The van der Waals surface area contributed by atoms with Crippen LogP contribution in [-0.2, 0) is 4.79 Å². The van der Waals surface area contributed by atoms with E-state index in [0.717, 1.165) is 0 Å². The first-order valence-corrected chi connectivity index (χ1v) is 7.32. The van der Waals surface area contributed by atoms with Crippen LogP contribution in [0.2, 0.25) is 0 Å². The van der Waals surface area contributed by atoms with Gasteiger partial charge in [-0.3, -0.25) is 9.78 Å². The summed E-state index contributed by atoms with van der Waals surface area (Å²) in [5.74, 6) is 0.488. The topological polar surface area (TPSA) is 75.5 Å². The summed E-state index contributed by atoms with van der Waals surface area (Å²) >= 11 is 0. The number of aliphatic carboxylic acids is 1. The third kappa shape index (κ3) is 3.09. The van der Waals surface area contributed by atoms with Gasteiger partial charge >= 0.3 is 5.97 Å². The van der Waals surface area contributed by atoms with Crippen LogP contribution in [0.5, 0.6) is 5.88 Å². The van der Waals surface area contributed by atoms with Gasteiger partial charge in [-0.05, 0) is 26.2 Å². The molecule has 1 fully saturated rings. The first kappa shape index (κ1) is 15.5. The molecule has 1 N–H and O–H groups in total. The van der Waals surface area contributed by atoms with Crippen molar-refractivity contribution in [2.75, 3.05) is 18.0 Å². The molecule has 1 aromatic rings. The predicted molar refractivity (Wildman–Crippen MR) is 79.5 cm³/mol. The van der Waals surface area contributed by atoms with Crippen molar-refractivity contribution in [3.05, 3.63) is 12.4 Å². The summed E-state index contributed by atoms with van der Waals surface area (Å²) in [4.78, 5) is 22.2. The van der Waals surface area contributed by atoms with Gasteiger partial charge < -0.3 is 14.7 Å². The van der Waals surface area contributed by atoms with Crippen LogP contribution in [0.3, 0.4) is 0 Å². The molecule has 0 amide bonds. The fraction of sp³-hybridized carbons (Fsp3) is 0.667. The van der Waals surface area contributed by atoms with Gasteiger partial charge in [0.2, 0.25) is 5.88 Å². The predicted octanol–water partition coefficient (Wildman–Crippen LogP) is 2.20. The van der Waals surface area contributed by atoms with E-state index in [4.69, 9.17) is 4.74 Å². The molecule has 1 atom stereocenters. The minimum Gasteiger partial charge on any atom is -0.481 e. The van der Waals surface area contributed by atoms with Crippen LogP contribution in [0, 0.1) is 11.3 Å². The first-order chi connectivity index (χ1) is 9.85. The van der Waals surface area contributed by atoms with Gasteiger partial charge in [-0.25, -0.2) is 0 Å². The van der Waals surface area contributed by atoms with Crippen molar-refractivity contribution in [2.24, 2.45) is 11.3 Å². The van der Waals surface area contributed by atoms with Crippen LogP contribution in [0.1, 0.15) is 34.1 Å². The zero-order valence-electron chi connectivity index (χ0n) is 13.0. The van der Waals surface area contributed by atoms with Crippen LogP contribution in [0.15, 0.2) is 12.4 Å². The number of aromatic nitrogens is 2. The molecule has 1 aromatic heterocycles. The normalized spacial score (nSPS) is 22.1. The van der Waals surface area contributed by atoms with Crippen molar-refractivity contribution in [1.29, 1.82) is 0 Å². The summed E-state index contributed by atoms with van der Waals surface area (Å²) in [5, 5.41) is 9.59. The average molecular weight is 293 g/mol. The molecule has 1 unspecified atom stereocenters. The Kier molecular flexibility index (Phi) is 4.34. The number of hydrogen-bond donors (Lipinski definition) is 1. The maximum absolute atomic E-state index is 11.7. The van der Waals surface area contributed by atoms with Gasteiger partial charge in [-0.2, -0.15) is 4.98 Å². The Morgan fingerprint density at radius 2 is 2.10 bits per heavy atom. The van der Waals surface area contributed by atoms with Crippen molar-refractivity contribution < 1.29 is 14.6 Å². The molecule has 1 aliphatic heterocycles. The number of carboxylic acids is 1. The first-order valence-electron chi connectivity index (χ1n) is 7.32. The molecule has 0 spiro atoms. The standard InChI is InChI=1S/C15H23N3O3/c1-10(2)15(14(19)20)5-6-18(9-15)12-7-16-8-13(17-12)21-11(3)4/h7-8,10-11H,5-6,9H2,1-4H3,(H,19,20). The molecule has 2 heterocycles. The maximum atomic E-state index is 11.7. The van der Waals surface area contributed by atoms with Crippen molar-refractivity contribution in [3.8, 4) is 5.88 Å². The SMILES string of the molecule is CC(C)Oc1cncc(N2CCC(C(=O)O)(C(C)C)C2)n1. The lowest BCUT2D eigenvalue weighted by Gasteiger charge is -2.28. The molecule has 0 aliphatic carbocycles. The fourth-order valence-corrected chi connectivity index (χ4v) is 2.71. The summed E-state index contributed by atoms with van der Waals surface area (Å²) in [5.41, 5.74) is -0.712. The van der Waals surface area contributed by atoms with Gasteiger partial charge in [0, 0.05) is 13.1 Å². The molecule has 2 rings (SSSR count). The van der Waals surface area contributed by atoms with E-state index < -0.39 is 11.4 Å². The summed E-state index contributed by atoms with van der Waals surface area (Å²) in [6.45, 7) is 8.91. The van der Waals surface area contributed by atoms with Crippen LogP contribution in [-0.4, -0.2) is 40.2 Å². The van der Waals surface area contributed by atoms with E-state index in [1.54, 1.807) is 12.4 Å². The van der Waals surface area contributed by atoms with Gasteiger partial charge in [0.25, 0.3) is 0 Å². The van der Waals surface area contributed by atoms with Gasteiger partial charge in [0.05, 0.1) is 23.9 Å². The van der Waals surface area contributed by atoms with E-state index in [-0.39, 0.29) is 12.0 Å². The number of anilines is 1. The molecule has 1 aliphatic rings. The third-order valence-electron chi connectivity index (χ3n) is 4.11. The van der Waals surface area contributed by atoms with E-state index in [2.05, 4.69) is 9.97 Å². The second kappa shape index (κ2) is 5.87. The van der Waals surface area contributed by atoms with E-state index in [1.807, 2.05) is 32.6 Å². The van der Waals surface area contributed by atoms with Gasteiger partial charge in [-0.15, -0.1) is 0 Å². The lowest BCUT2D eigenvalue weighted by molar-refractivity contribution is -0.150. The highest BCUT2D eigenvalue weighted by Crippen LogP contribution is 2.39. The zero-order chi connectivity index (χ0) is 15.6. The number of nitrogens with zero attached hydrogens (tertiary/aromatic N) is 3. The summed E-state index contributed by atoms with van der Waals surface area (Å²) in [6.07, 6.45) is 3.89. The largest absolute Gasteiger partial charge is 0.481 e. The molecule has 0 radical (unpaired) electrons. The highest BCUT2D eigenvalue weighted by atomic mass is 16.5. The molecule has 0 bridgehead atoms. The van der Waals surface area contributed by atoms with E-state index in [1.165, 1.54) is 0 Å². The van der Waals surface area contributed by atoms with Crippen LogP contribution >= 0.6 is 0 Å². The molecule has 21 heavy (non-hydrogen) atoms. The Hall–Kier alpha value is -1.85. The van der Waals surface area contributed by atoms with Crippen LogP contribution in [0.4, 0.5) is 5.82 Å². The molecule has 1 saturated heterocycles. The second-order valence-electron chi connectivity index (χ2n) is 6.17. The average Bonchev–Trinajstić information content (AvgIpc) is 2.84. The number of ether oxygens (including phenoxy) is 1. The monoisotopic (exact) mass is 293 g/mol. The molecular formula is C15H23N3O3. The Morgan fingerprint density at radius 1 is 1.38 bits per heavy atom. The number of rotatable bonds is 5. The smallest absolute Gasteiger partial charge is 0.311 e. The van der Waals surface area contributed by atoms with Crippen molar-refractivity contribution >= 4 is 11.8 Å². The summed E-state index contributed by atoms with van der Waals surface area (Å²) in [6, 6.07) is 0. The minimum atomic E-state index is -0.734. The lowest BCUT2D eigenvalue weighted by Crippen LogP contribution is -2.39. The van der Waals surface area contributed by atoms with E-state index in [0.29, 0.717) is 31.2 Å². The van der Waals surface area contributed by atoms with E-state index in [9.17, 15) is 9.90 Å². The molecule has 116 valence electrons. The Morgan fingerprint density at radius 3 is 2.62 bits per heavy atom. The minimum absolute atomic E-state index is 0.0295. The molecule has 6 nitrogen and oxygen atoms in total. The maximum Gasteiger partial charge on any atom is 0.311 e.